The van der Waals surface area contributed by atoms with E-state index >= 15 is 0 Å². The zero-order chi connectivity index (χ0) is 13.1. The van der Waals surface area contributed by atoms with Crippen LogP contribution < -0.4 is 10.1 Å². The Labute approximate surface area is 103 Å². The summed E-state index contributed by atoms with van der Waals surface area (Å²) in [7, 11) is -1.88. The van der Waals surface area contributed by atoms with Gasteiger partial charge in [-0.2, -0.15) is 0 Å². The fourth-order valence-corrected chi connectivity index (χ4v) is 2.91. The molecule has 5 heteroatoms. The van der Waals surface area contributed by atoms with Crippen molar-refractivity contribution >= 4 is 9.84 Å². The Hall–Kier alpha value is -1.07. The van der Waals surface area contributed by atoms with Crippen LogP contribution in [0, 0.1) is 6.92 Å². The molecule has 0 saturated heterocycles. The predicted octanol–water partition coefficient (Wildman–Crippen LogP) is 1.73. The van der Waals surface area contributed by atoms with E-state index in [0.29, 0.717) is 5.75 Å². The first-order chi connectivity index (χ1) is 7.86. The number of benzene rings is 1. The smallest absolute Gasteiger partial charge is 0.194 e. The van der Waals surface area contributed by atoms with E-state index in [9.17, 15) is 8.42 Å². The van der Waals surface area contributed by atoms with Gasteiger partial charge in [0, 0.05) is 6.04 Å². The molecule has 1 aromatic carbocycles. The van der Waals surface area contributed by atoms with Gasteiger partial charge in [-0.3, -0.25) is 0 Å². The number of hydrogen-bond acceptors (Lipinski definition) is 4. The molecule has 0 unspecified atom stereocenters. The Morgan fingerprint density at radius 1 is 1.35 bits per heavy atom. The van der Waals surface area contributed by atoms with Crippen LogP contribution in [-0.2, 0) is 9.84 Å². The van der Waals surface area contributed by atoms with Crippen LogP contribution in [0.2, 0.25) is 0 Å². The number of rotatable bonds is 5. The Morgan fingerprint density at radius 2 is 2.00 bits per heavy atom. The summed E-state index contributed by atoms with van der Waals surface area (Å²) in [4.78, 5) is 0.244. The molecule has 0 heterocycles. The van der Waals surface area contributed by atoms with Crippen molar-refractivity contribution in [1.82, 2.24) is 5.32 Å². The van der Waals surface area contributed by atoms with Gasteiger partial charge in [-0.05, 0) is 38.5 Å². The molecule has 0 fully saturated rings. The summed E-state index contributed by atoms with van der Waals surface area (Å²) < 4.78 is 29.3. The van der Waals surface area contributed by atoms with Crippen molar-refractivity contribution in [3.63, 3.8) is 0 Å². The summed E-state index contributed by atoms with van der Waals surface area (Å²) in [5.41, 5.74) is 0.897. The third kappa shape index (κ3) is 3.71. The zero-order valence-electron chi connectivity index (χ0n) is 10.6. The summed E-state index contributed by atoms with van der Waals surface area (Å²) in [5.74, 6) is 0.311. The quantitative estimate of drug-likeness (QED) is 0.873. The average molecular weight is 257 g/mol. The molecular weight excluding hydrogens is 238 g/mol. The molecule has 0 radical (unpaired) electrons. The molecule has 0 saturated carbocycles. The first-order valence-electron chi connectivity index (χ1n) is 5.47. The minimum Gasteiger partial charge on any atom is -0.495 e. The van der Waals surface area contributed by atoms with E-state index in [4.69, 9.17) is 4.74 Å². The Balaban J connectivity index is 3.09. The van der Waals surface area contributed by atoms with Gasteiger partial charge in [0.25, 0.3) is 0 Å². The van der Waals surface area contributed by atoms with Crippen LogP contribution in [0.5, 0.6) is 5.75 Å². The van der Waals surface area contributed by atoms with Crippen molar-refractivity contribution < 1.29 is 13.2 Å². The van der Waals surface area contributed by atoms with Crippen LogP contribution in [0.25, 0.3) is 0 Å². The molecule has 1 N–H and O–H groups in total. The predicted molar refractivity (Wildman–Crippen MR) is 68.1 cm³/mol. The molecule has 0 aliphatic heterocycles. The van der Waals surface area contributed by atoms with Gasteiger partial charge in [0.15, 0.2) is 9.84 Å². The third-order valence-corrected chi connectivity index (χ3v) is 3.87. The van der Waals surface area contributed by atoms with E-state index < -0.39 is 9.84 Å². The van der Waals surface area contributed by atoms with Crippen molar-refractivity contribution in [2.75, 3.05) is 13.0 Å². The molecular formula is C12H19NO3S. The standard InChI is InChI=1S/C12H19NO3S/c1-9(2)13-8-17(14,15)12-7-10(3)5-6-11(12)16-4/h5-7,9,13H,8H2,1-4H3. The molecule has 4 nitrogen and oxygen atoms in total. The largest absolute Gasteiger partial charge is 0.495 e. The van der Waals surface area contributed by atoms with E-state index in [-0.39, 0.29) is 16.8 Å². The maximum Gasteiger partial charge on any atom is 0.194 e. The number of aryl methyl sites for hydroxylation is 1. The summed E-state index contributed by atoms with van der Waals surface area (Å²) in [6.45, 7) is 5.67. The third-order valence-electron chi connectivity index (χ3n) is 2.34. The highest BCUT2D eigenvalue weighted by molar-refractivity contribution is 7.91. The first kappa shape index (κ1) is 14.0. The summed E-state index contributed by atoms with van der Waals surface area (Å²) in [6.07, 6.45) is 0. The van der Waals surface area contributed by atoms with Crippen LogP contribution in [0.4, 0.5) is 0 Å². The summed E-state index contributed by atoms with van der Waals surface area (Å²) in [6, 6.07) is 5.27. The second kappa shape index (κ2) is 5.51. The molecule has 96 valence electrons. The molecule has 0 aliphatic carbocycles. The monoisotopic (exact) mass is 257 g/mol. The van der Waals surface area contributed by atoms with Gasteiger partial charge in [0.1, 0.15) is 16.5 Å². The molecule has 17 heavy (non-hydrogen) atoms. The van der Waals surface area contributed by atoms with Crippen molar-refractivity contribution in [3.05, 3.63) is 23.8 Å². The molecule has 0 aromatic heterocycles. The van der Waals surface area contributed by atoms with Crippen LogP contribution in [0.1, 0.15) is 19.4 Å². The molecule has 0 bridgehead atoms. The summed E-state index contributed by atoms with van der Waals surface area (Å²) >= 11 is 0. The lowest BCUT2D eigenvalue weighted by Gasteiger charge is -2.12. The van der Waals surface area contributed by atoms with Gasteiger partial charge in [-0.25, -0.2) is 8.42 Å². The lowest BCUT2D eigenvalue weighted by atomic mass is 10.2. The van der Waals surface area contributed by atoms with Crippen molar-refractivity contribution in [2.45, 2.75) is 31.7 Å². The van der Waals surface area contributed by atoms with Gasteiger partial charge >= 0.3 is 0 Å². The molecule has 0 aliphatic rings. The second-order valence-electron chi connectivity index (χ2n) is 4.27. The Morgan fingerprint density at radius 3 is 2.53 bits per heavy atom. The lowest BCUT2D eigenvalue weighted by molar-refractivity contribution is 0.402. The van der Waals surface area contributed by atoms with Gasteiger partial charge in [-0.1, -0.05) is 6.07 Å². The molecule has 0 amide bonds. The SMILES string of the molecule is COc1ccc(C)cc1S(=O)(=O)CNC(C)C. The zero-order valence-corrected chi connectivity index (χ0v) is 11.5. The number of methoxy groups -OCH3 is 1. The topological polar surface area (TPSA) is 55.4 Å². The van der Waals surface area contributed by atoms with Crippen molar-refractivity contribution in [2.24, 2.45) is 0 Å². The van der Waals surface area contributed by atoms with E-state index in [2.05, 4.69) is 5.32 Å². The molecule has 1 aromatic rings. The van der Waals surface area contributed by atoms with Gasteiger partial charge < -0.3 is 10.1 Å². The van der Waals surface area contributed by atoms with Crippen LogP contribution in [0.15, 0.2) is 23.1 Å². The molecule has 1 rings (SSSR count). The van der Waals surface area contributed by atoms with E-state index in [1.54, 1.807) is 12.1 Å². The summed E-state index contributed by atoms with van der Waals surface area (Å²) in [5, 5.41) is 2.91. The number of sulfone groups is 1. The fourth-order valence-electron chi connectivity index (χ4n) is 1.38. The fraction of sp³-hybridized carbons (Fsp3) is 0.500. The van der Waals surface area contributed by atoms with E-state index in [1.807, 2.05) is 26.8 Å². The Kier molecular flexibility index (Phi) is 4.54. The number of nitrogens with one attached hydrogen (secondary N) is 1. The van der Waals surface area contributed by atoms with Gasteiger partial charge in [0.2, 0.25) is 0 Å². The van der Waals surface area contributed by atoms with Crippen molar-refractivity contribution in [3.8, 4) is 5.75 Å². The Bertz CT molecular complexity index is 481. The highest BCUT2D eigenvalue weighted by Gasteiger charge is 2.19. The normalized spacial score (nSPS) is 11.8. The van der Waals surface area contributed by atoms with Crippen LogP contribution in [0.3, 0.4) is 0 Å². The lowest BCUT2D eigenvalue weighted by Crippen LogP contribution is -2.29. The van der Waals surface area contributed by atoms with Crippen LogP contribution in [-0.4, -0.2) is 27.4 Å². The van der Waals surface area contributed by atoms with E-state index in [0.717, 1.165) is 5.56 Å². The minimum absolute atomic E-state index is 0.0789. The maximum atomic E-state index is 12.1. The minimum atomic E-state index is -3.36. The van der Waals surface area contributed by atoms with Gasteiger partial charge in [-0.15, -0.1) is 0 Å². The van der Waals surface area contributed by atoms with Gasteiger partial charge in [0.05, 0.1) is 7.11 Å². The first-order valence-corrected chi connectivity index (χ1v) is 7.13. The molecule has 0 atom stereocenters. The highest BCUT2D eigenvalue weighted by atomic mass is 32.2. The van der Waals surface area contributed by atoms with Crippen LogP contribution >= 0.6 is 0 Å². The number of ether oxygens (including phenoxy) is 1. The molecule has 0 spiro atoms. The number of hydrogen-bond donors (Lipinski definition) is 1. The van der Waals surface area contributed by atoms with E-state index in [1.165, 1.54) is 7.11 Å². The maximum absolute atomic E-state index is 12.1. The average Bonchev–Trinajstić information content (AvgIpc) is 2.26. The van der Waals surface area contributed by atoms with Crippen molar-refractivity contribution in [1.29, 1.82) is 0 Å². The second-order valence-corrected chi connectivity index (χ2v) is 6.23. The highest BCUT2D eigenvalue weighted by Crippen LogP contribution is 2.25.